The van der Waals surface area contributed by atoms with Gasteiger partial charge in [0, 0.05) is 25.3 Å². The lowest BCUT2D eigenvalue weighted by molar-refractivity contribution is -0.126. The molecule has 8 nitrogen and oxygen atoms in total. The molecule has 4 rings (SSSR count). The lowest BCUT2D eigenvalue weighted by Gasteiger charge is -2.31. The van der Waals surface area contributed by atoms with E-state index in [4.69, 9.17) is 0 Å². The van der Waals surface area contributed by atoms with Crippen molar-refractivity contribution in [2.45, 2.75) is 19.4 Å². The molecule has 2 N–H and O–H groups in total. The summed E-state index contributed by atoms with van der Waals surface area (Å²) >= 11 is 0.953. The number of hydrogen-bond acceptors (Lipinski definition) is 6. The molecule has 0 spiro atoms. The maximum Gasteiger partial charge on any atom is 0.286 e. The van der Waals surface area contributed by atoms with Crippen LogP contribution in [-0.4, -0.2) is 45.9 Å². The van der Waals surface area contributed by atoms with Crippen molar-refractivity contribution in [1.82, 2.24) is 20.4 Å². The fraction of sp³-hybridized carbons (Fsp3) is 0.261. The summed E-state index contributed by atoms with van der Waals surface area (Å²) in [5, 5.41) is 13.7. The average Bonchev–Trinajstić information content (AvgIpc) is 3.34. The van der Waals surface area contributed by atoms with Crippen LogP contribution in [0.4, 0.5) is 5.69 Å². The standard InChI is InChI=1S/C23H23N5O3S/c29-19(24-14-16-8-3-1-4-9-16)17-10-7-13-28(15-17)23(31)22-27-26-21(32-22)20(30)25-18-11-5-2-6-12-18/h1-6,8-9,11-12,17H,7,10,13-15H2,(H,24,29)(H,25,30)/t17-/m1/s1. The third-order valence-corrected chi connectivity index (χ3v) is 6.13. The largest absolute Gasteiger partial charge is 0.352 e. The predicted molar refractivity (Wildman–Crippen MR) is 121 cm³/mol. The number of para-hydroxylation sites is 1. The lowest BCUT2D eigenvalue weighted by atomic mass is 9.97. The molecule has 0 radical (unpaired) electrons. The maximum absolute atomic E-state index is 12.9. The molecule has 1 fully saturated rings. The van der Waals surface area contributed by atoms with Gasteiger partial charge in [0.1, 0.15) is 0 Å². The van der Waals surface area contributed by atoms with E-state index >= 15 is 0 Å². The Balaban J connectivity index is 1.34. The molecule has 3 amide bonds. The van der Waals surface area contributed by atoms with E-state index in [0.717, 1.165) is 29.7 Å². The Kier molecular flexibility index (Phi) is 6.86. The van der Waals surface area contributed by atoms with E-state index in [9.17, 15) is 14.4 Å². The molecule has 164 valence electrons. The van der Waals surface area contributed by atoms with Gasteiger partial charge in [0.25, 0.3) is 11.8 Å². The second-order valence-corrected chi connectivity index (χ2v) is 8.50. The van der Waals surface area contributed by atoms with Crippen LogP contribution in [0.1, 0.15) is 38.0 Å². The van der Waals surface area contributed by atoms with Crippen molar-refractivity contribution in [3.63, 3.8) is 0 Å². The van der Waals surface area contributed by atoms with Gasteiger partial charge in [-0.1, -0.05) is 59.9 Å². The summed E-state index contributed by atoms with van der Waals surface area (Å²) < 4.78 is 0. The Bertz CT molecular complexity index is 1090. The first kappa shape index (κ1) is 21.6. The molecule has 1 atom stereocenters. The van der Waals surface area contributed by atoms with Crippen molar-refractivity contribution in [2.75, 3.05) is 18.4 Å². The van der Waals surface area contributed by atoms with Gasteiger partial charge in [-0.05, 0) is 30.5 Å². The minimum Gasteiger partial charge on any atom is -0.352 e. The molecular weight excluding hydrogens is 426 g/mol. The molecule has 0 aliphatic carbocycles. The fourth-order valence-corrected chi connectivity index (χ4v) is 4.25. The van der Waals surface area contributed by atoms with E-state index in [2.05, 4.69) is 20.8 Å². The van der Waals surface area contributed by atoms with Crippen LogP contribution in [0, 0.1) is 5.92 Å². The van der Waals surface area contributed by atoms with Gasteiger partial charge in [0.15, 0.2) is 0 Å². The number of rotatable bonds is 6. The fourth-order valence-electron chi connectivity index (χ4n) is 3.55. The molecule has 1 saturated heterocycles. The quantitative estimate of drug-likeness (QED) is 0.602. The monoisotopic (exact) mass is 449 g/mol. The number of nitrogens with one attached hydrogen (secondary N) is 2. The number of piperidine rings is 1. The highest BCUT2D eigenvalue weighted by Gasteiger charge is 2.30. The predicted octanol–water partition coefficient (Wildman–Crippen LogP) is 2.96. The average molecular weight is 450 g/mol. The van der Waals surface area contributed by atoms with Crippen LogP contribution in [0.2, 0.25) is 0 Å². The summed E-state index contributed by atoms with van der Waals surface area (Å²) in [6, 6.07) is 18.7. The Morgan fingerprint density at radius 2 is 1.66 bits per heavy atom. The highest BCUT2D eigenvalue weighted by Crippen LogP contribution is 2.21. The summed E-state index contributed by atoms with van der Waals surface area (Å²) in [4.78, 5) is 39.5. The van der Waals surface area contributed by atoms with E-state index in [1.165, 1.54) is 0 Å². The second-order valence-electron chi connectivity index (χ2n) is 7.53. The number of anilines is 1. The molecule has 9 heteroatoms. The molecule has 1 aromatic heterocycles. The molecule has 0 unspecified atom stereocenters. The van der Waals surface area contributed by atoms with Crippen molar-refractivity contribution in [3.8, 4) is 0 Å². The molecule has 0 saturated carbocycles. The molecule has 0 bridgehead atoms. The normalized spacial score (nSPS) is 15.8. The second kappa shape index (κ2) is 10.1. The Hall–Kier alpha value is -3.59. The summed E-state index contributed by atoms with van der Waals surface area (Å²) in [6.07, 6.45) is 1.46. The Morgan fingerprint density at radius 1 is 0.969 bits per heavy atom. The van der Waals surface area contributed by atoms with Gasteiger partial charge in [-0.15, -0.1) is 10.2 Å². The number of carbonyl (C=O) groups excluding carboxylic acids is 3. The van der Waals surface area contributed by atoms with E-state index in [0.29, 0.717) is 25.3 Å². The van der Waals surface area contributed by atoms with E-state index < -0.39 is 5.91 Å². The van der Waals surface area contributed by atoms with E-state index in [1.807, 2.05) is 48.5 Å². The van der Waals surface area contributed by atoms with Crippen molar-refractivity contribution in [1.29, 1.82) is 0 Å². The zero-order chi connectivity index (χ0) is 22.3. The number of hydrogen-bond donors (Lipinski definition) is 2. The SMILES string of the molecule is O=C(Nc1ccccc1)c1nnc(C(=O)N2CCC[C@@H](C(=O)NCc3ccccc3)C2)s1. The van der Waals surface area contributed by atoms with Gasteiger partial charge in [-0.2, -0.15) is 0 Å². The van der Waals surface area contributed by atoms with Gasteiger partial charge < -0.3 is 15.5 Å². The van der Waals surface area contributed by atoms with Crippen LogP contribution in [0.5, 0.6) is 0 Å². The van der Waals surface area contributed by atoms with Gasteiger partial charge >= 0.3 is 0 Å². The highest BCUT2D eigenvalue weighted by molar-refractivity contribution is 7.15. The van der Waals surface area contributed by atoms with E-state index in [1.54, 1.807) is 17.0 Å². The first-order valence-electron chi connectivity index (χ1n) is 10.4. The van der Waals surface area contributed by atoms with Crippen LogP contribution in [0.15, 0.2) is 60.7 Å². The minimum atomic E-state index is -0.412. The Morgan fingerprint density at radius 3 is 2.41 bits per heavy atom. The third kappa shape index (κ3) is 5.36. The number of nitrogens with zero attached hydrogens (tertiary/aromatic N) is 3. The first-order chi connectivity index (χ1) is 15.6. The topological polar surface area (TPSA) is 104 Å². The van der Waals surface area contributed by atoms with Crippen molar-refractivity contribution in [3.05, 3.63) is 76.2 Å². The lowest BCUT2D eigenvalue weighted by Crippen LogP contribution is -2.45. The van der Waals surface area contributed by atoms with Gasteiger partial charge in [0.05, 0.1) is 5.92 Å². The minimum absolute atomic E-state index is 0.0634. The molecule has 1 aliphatic rings. The smallest absolute Gasteiger partial charge is 0.286 e. The summed E-state index contributed by atoms with van der Waals surface area (Å²) in [5.41, 5.74) is 1.67. The number of benzene rings is 2. The van der Waals surface area contributed by atoms with Crippen molar-refractivity contribution < 1.29 is 14.4 Å². The van der Waals surface area contributed by atoms with Gasteiger partial charge in [-0.25, -0.2) is 0 Å². The zero-order valence-electron chi connectivity index (χ0n) is 17.4. The highest BCUT2D eigenvalue weighted by atomic mass is 32.1. The van der Waals surface area contributed by atoms with Crippen LogP contribution < -0.4 is 10.6 Å². The van der Waals surface area contributed by atoms with Crippen LogP contribution >= 0.6 is 11.3 Å². The molecular formula is C23H23N5O3S. The zero-order valence-corrected chi connectivity index (χ0v) is 18.2. The number of likely N-dealkylation sites (tertiary alicyclic amines) is 1. The van der Waals surface area contributed by atoms with E-state index in [-0.39, 0.29) is 27.7 Å². The third-order valence-electron chi connectivity index (χ3n) is 5.22. The number of amides is 3. The summed E-state index contributed by atoms with van der Waals surface area (Å²) in [6.45, 7) is 1.33. The van der Waals surface area contributed by atoms with Crippen LogP contribution in [0.25, 0.3) is 0 Å². The Labute approximate surface area is 189 Å². The molecule has 2 heterocycles. The summed E-state index contributed by atoms with van der Waals surface area (Å²) in [5.74, 6) is -1.05. The van der Waals surface area contributed by atoms with Crippen molar-refractivity contribution in [2.24, 2.45) is 5.92 Å². The molecule has 32 heavy (non-hydrogen) atoms. The first-order valence-corrected chi connectivity index (χ1v) is 11.2. The van der Waals surface area contributed by atoms with Crippen LogP contribution in [0.3, 0.4) is 0 Å². The molecule has 2 aromatic carbocycles. The number of aromatic nitrogens is 2. The van der Waals surface area contributed by atoms with Crippen LogP contribution in [-0.2, 0) is 11.3 Å². The molecule has 1 aliphatic heterocycles. The van der Waals surface area contributed by atoms with Gasteiger partial charge in [-0.3, -0.25) is 14.4 Å². The maximum atomic E-state index is 12.9. The number of carbonyl (C=O) groups is 3. The summed E-state index contributed by atoms with van der Waals surface area (Å²) in [7, 11) is 0. The van der Waals surface area contributed by atoms with Gasteiger partial charge in [0.2, 0.25) is 15.9 Å². The molecule has 3 aromatic rings. The van der Waals surface area contributed by atoms with Crippen molar-refractivity contribution >= 4 is 34.7 Å².